The number of carbonyl (C=O) groups is 1. The van der Waals surface area contributed by atoms with Crippen LogP contribution < -0.4 is 0 Å². The second-order valence-corrected chi connectivity index (χ2v) is 4.81. The van der Waals surface area contributed by atoms with E-state index in [1.807, 2.05) is 6.92 Å². The smallest absolute Gasteiger partial charge is 0.310 e. The van der Waals surface area contributed by atoms with Crippen LogP contribution in [-0.2, 0) is 16.1 Å². The summed E-state index contributed by atoms with van der Waals surface area (Å²) in [6, 6.07) is 1.48. The van der Waals surface area contributed by atoms with Gasteiger partial charge in [0.05, 0.1) is 19.2 Å². The molecule has 0 amide bonds. The Labute approximate surface area is 106 Å². The zero-order valence-electron chi connectivity index (χ0n) is 10.6. The zero-order valence-corrected chi connectivity index (χ0v) is 10.6. The fourth-order valence-corrected chi connectivity index (χ4v) is 2.46. The average molecular weight is 252 g/mol. The van der Waals surface area contributed by atoms with E-state index < -0.39 is 0 Å². The molecule has 0 saturated carbocycles. The maximum absolute atomic E-state index is 13.0. The minimum atomic E-state index is -0.329. The molecule has 0 aromatic carbocycles. The summed E-state index contributed by atoms with van der Waals surface area (Å²) in [5.74, 6) is -0.317. The molecule has 2 rings (SSSR count). The molecule has 1 aromatic heterocycles. The molecule has 2 atom stereocenters. The molecule has 18 heavy (non-hydrogen) atoms. The first-order valence-electron chi connectivity index (χ1n) is 5.99. The predicted molar refractivity (Wildman–Crippen MR) is 64.1 cm³/mol. The summed E-state index contributed by atoms with van der Waals surface area (Å²) in [5, 5.41) is 0. The van der Waals surface area contributed by atoms with Crippen LogP contribution in [0.2, 0.25) is 0 Å². The molecule has 98 valence electrons. The fraction of sp³-hybridized carbons (Fsp3) is 0.538. The highest BCUT2D eigenvalue weighted by molar-refractivity contribution is 5.73. The average Bonchev–Trinajstić information content (AvgIpc) is 2.69. The van der Waals surface area contributed by atoms with Gasteiger partial charge in [-0.15, -0.1) is 0 Å². The van der Waals surface area contributed by atoms with Gasteiger partial charge < -0.3 is 4.74 Å². The lowest BCUT2D eigenvalue weighted by atomic mass is 9.99. The van der Waals surface area contributed by atoms with Gasteiger partial charge in [-0.3, -0.25) is 14.7 Å². The van der Waals surface area contributed by atoms with E-state index in [4.69, 9.17) is 4.74 Å². The topological polar surface area (TPSA) is 42.4 Å². The van der Waals surface area contributed by atoms with Crippen molar-refractivity contribution in [3.63, 3.8) is 0 Å². The molecule has 1 aliphatic heterocycles. The van der Waals surface area contributed by atoms with Crippen LogP contribution in [0.15, 0.2) is 18.5 Å². The number of hydrogen-bond donors (Lipinski definition) is 0. The van der Waals surface area contributed by atoms with Gasteiger partial charge in [0.1, 0.15) is 5.82 Å². The van der Waals surface area contributed by atoms with Gasteiger partial charge in [-0.2, -0.15) is 0 Å². The molecule has 0 N–H and O–H groups in total. The van der Waals surface area contributed by atoms with Gasteiger partial charge in [0, 0.05) is 25.8 Å². The number of carbonyl (C=O) groups excluding carboxylic acids is 1. The zero-order chi connectivity index (χ0) is 13.1. The summed E-state index contributed by atoms with van der Waals surface area (Å²) in [6.07, 6.45) is 2.84. The summed E-state index contributed by atoms with van der Waals surface area (Å²) >= 11 is 0. The highest BCUT2D eigenvalue weighted by Crippen LogP contribution is 2.25. The van der Waals surface area contributed by atoms with Crippen molar-refractivity contribution in [1.29, 1.82) is 0 Å². The van der Waals surface area contributed by atoms with E-state index in [1.54, 1.807) is 6.20 Å². The number of aromatic nitrogens is 1. The van der Waals surface area contributed by atoms with Crippen LogP contribution in [0.5, 0.6) is 0 Å². The van der Waals surface area contributed by atoms with Gasteiger partial charge >= 0.3 is 5.97 Å². The Morgan fingerprint density at radius 1 is 1.56 bits per heavy atom. The molecular formula is C13H17FN2O2. The van der Waals surface area contributed by atoms with Crippen LogP contribution in [0.4, 0.5) is 4.39 Å². The molecule has 0 spiro atoms. The van der Waals surface area contributed by atoms with Crippen molar-refractivity contribution in [2.75, 3.05) is 20.2 Å². The van der Waals surface area contributed by atoms with Crippen LogP contribution in [0.1, 0.15) is 12.5 Å². The van der Waals surface area contributed by atoms with E-state index >= 15 is 0 Å². The predicted octanol–water partition coefficient (Wildman–Crippen LogP) is 1.46. The molecule has 0 bridgehead atoms. The molecule has 0 aliphatic carbocycles. The number of pyridine rings is 1. The summed E-state index contributed by atoms with van der Waals surface area (Å²) in [5.41, 5.74) is 0.827. The first-order valence-corrected chi connectivity index (χ1v) is 5.99. The Kier molecular flexibility index (Phi) is 3.91. The summed E-state index contributed by atoms with van der Waals surface area (Å²) < 4.78 is 17.8. The summed E-state index contributed by atoms with van der Waals surface area (Å²) in [7, 11) is 1.41. The SMILES string of the molecule is COC(=O)C1CN(Cc2cncc(F)c2)CC1C. The Morgan fingerprint density at radius 2 is 2.33 bits per heavy atom. The minimum Gasteiger partial charge on any atom is -0.469 e. The Morgan fingerprint density at radius 3 is 3.00 bits per heavy atom. The van der Waals surface area contributed by atoms with Crippen molar-refractivity contribution < 1.29 is 13.9 Å². The highest BCUT2D eigenvalue weighted by Gasteiger charge is 2.35. The highest BCUT2D eigenvalue weighted by atomic mass is 19.1. The molecule has 1 aliphatic rings. The maximum Gasteiger partial charge on any atom is 0.310 e. The van der Waals surface area contributed by atoms with Crippen molar-refractivity contribution in [3.8, 4) is 0 Å². The van der Waals surface area contributed by atoms with Crippen molar-refractivity contribution in [1.82, 2.24) is 9.88 Å². The molecule has 1 saturated heterocycles. The lowest BCUT2D eigenvalue weighted by Crippen LogP contribution is -2.24. The molecular weight excluding hydrogens is 235 g/mol. The van der Waals surface area contributed by atoms with E-state index in [2.05, 4.69) is 9.88 Å². The van der Waals surface area contributed by atoms with Crippen molar-refractivity contribution in [2.45, 2.75) is 13.5 Å². The number of ether oxygens (including phenoxy) is 1. The quantitative estimate of drug-likeness (QED) is 0.764. The van der Waals surface area contributed by atoms with Crippen LogP contribution in [0, 0.1) is 17.7 Å². The molecule has 4 nitrogen and oxygen atoms in total. The number of esters is 1. The van der Waals surface area contributed by atoms with Crippen molar-refractivity contribution in [2.24, 2.45) is 11.8 Å². The van der Waals surface area contributed by atoms with E-state index in [9.17, 15) is 9.18 Å². The second kappa shape index (κ2) is 5.44. The van der Waals surface area contributed by atoms with E-state index in [0.29, 0.717) is 13.1 Å². The molecule has 0 radical (unpaired) electrons. The van der Waals surface area contributed by atoms with Crippen LogP contribution in [0.3, 0.4) is 0 Å². The van der Waals surface area contributed by atoms with Crippen molar-refractivity contribution >= 4 is 5.97 Å². The van der Waals surface area contributed by atoms with Crippen LogP contribution in [-0.4, -0.2) is 36.1 Å². The molecule has 1 fully saturated rings. The molecule has 5 heteroatoms. The number of likely N-dealkylation sites (tertiary alicyclic amines) is 1. The van der Waals surface area contributed by atoms with Gasteiger partial charge in [0.2, 0.25) is 0 Å². The van der Waals surface area contributed by atoms with Gasteiger partial charge in [0.15, 0.2) is 0 Å². The van der Waals surface area contributed by atoms with Crippen LogP contribution in [0.25, 0.3) is 0 Å². The summed E-state index contributed by atoms with van der Waals surface area (Å²) in [6.45, 7) is 4.12. The first-order chi connectivity index (χ1) is 8.60. The largest absolute Gasteiger partial charge is 0.469 e. The van der Waals surface area contributed by atoms with Crippen molar-refractivity contribution in [3.05, 3.63) is 29.8 Å². The number of hydrogen-bond acceptors (Lipinski definition) is 4. The molecule has 2 heterocycles. The lowest BCUT2D eigenvalue weighted by Gasteiger charge is -2.15. The minimum absolute atomic E-state index is 0.0866. The normalized spacial score (nSPS) is 24.2. The van der Waals surface area contributed by atoms with Gasteiger partial charge in [-0.1, -0.05) is 6.92 Å². The third-order valence-corrected chi connectivity index (χ3v) is 3.36. The Balaban J connectivity index is 1.98. The monoisotopic (exact) mass is 252 g/mol. The third kappa shape index (κ3) is 2.85. The van der Waals surface area contributed by atoms with Gasteiger partial charge in [0.25, 0.3) is 0 Å². The fourth-order valence-electron chi connectivity index (χ4n) is 2.46. The number of methoxy groups -OCH3 is 1. The van der Waals surface area contributed by atoms with E-state index in [-0.39, 0.29) is 23.6 Å². The van der Waals surface area contributed by atoms with Gasteiger partial charge in [-0.25, -0.2) is 4.39 Å². The Hall–Kier alpha value is -1.49. The summed E-state index contributed by atoms with van der Waals surface area (Å²) in [4.78, 5) is 17.5. The van der Waals surface area contributed by atoms with E-state index in [1.165, 1.54) is 19.4 Å². The Bertz CT molecular complexity index is 439. The van der Waals surface area contributed by atoms with E-state index in [0.717, 1.165) is 12.1 Å². The second-order valence-electron chi connectivity index (χ2n) is 4.81. The number of halogens is 1. The maximum atomic E-state index is 13.0. The first kappa shape index (κ1) is 13.0. The van der Waals surface area contributed by atoms with Crippen LogP contribution >= 0.6 is 0 Å². The third-order valence-electron chi connectivity index (χ3n) is 3.36. The lowest BCUT2D eigenvalue weighted by molar-refractivity contribution is -0.146. The number of rotatable bonds is 3. The molecule has 2 unspecified atom stereocenters. The number of nitrogens with zero attached hydrogens (tertiary/aromatic N) is 2. The van der Waals surface area contributed by atoms with Gasteiger partial charge in [-0.05, 0) is 17.5 Å². The standard InChI is InChI=1S/C13H17FN2O2/c1-9-6-16(8-12(9)13(17)18-2)7-10-3-11(14)5-15-4-10/h3-5,9,12H,6-8H2,1-2H3. The molecule has 1 aromatic rings.